The Morgan fingerprint density at radius 2 is 2.08 bits per heavy atom. The van der Waals surface area contributed by atoms with Gasteiger partial charge < -0.3 is 15.1 Å². The van der Waals surface area contributed by atoms with Crippen LogP contribution in [0.25, 0.3) is 11.3 Å². The average Bonchev–Trinajstić information content (AvgIpc) is 3.34. The number of ketones is 1. The largest absolute Gasteiger partial charge is 0.442 e. The number of Topliss-reactive ketones (excluding diaryl/α,β-unsaturated/α-hetero) is 1. The maximum absolute atomic E-state index is 13.0. The SMILES string of the molecule is N[C@@H](C/C=C/CCC(=O)c1ncco1)c1ncc(-c2ccc(F)cc2)[nH]1. The van der Waals surface area contributed by atoms with Crippen molar-refractivity contribution < 1.29 is 13.6 Å². The number of carbonyl (C=O) groups excluding carboxylic acids is 1. The second kappa shape index (κ2) is 8.35. The van der Waals surface area contributed by atoms with E-state index < -0.39 is 0 Å². The van der Waals surface area contributed by atoms with Gasteiger partial charge in [-0.3, -0.25) is 4.79 Å². The molecule has 0 saturated carbocycles. The summed E-state index contributed by atoms with van der Waals surface area (Å²) in [5.41, 5.74) is 7.77. The molecule has 2 heterocycles. The Bertz CT molecular complexity index is 869. The normalized spacial score (nSPS) is 12.5. The van der Waals surface area contributed by atoms with Crippen molar-refractivity contribution in [1.82, 2.24) is 15.0 Å². The molecule has 0 bridgehead atoms. The van der Waals surface area contributed by atoms with Gasteiger partial charge in [-0.25, -0.2) is 14.4 Å². The number of hydrogen-bond donors (Lipinski definition) is 2. The van der Waals surface area contributed by atoms with Gasteiger partial charge >= 0.3 is 0 Å². The molecule has 7 heteroatoms. The number of imidazole rings is 1. The Kier molecular flexibility index (Phi) is 5.70. The van der Waals surface area contributed by atoms with Gasteiger partial charge in [-0.05, 0) is 42.7 Å². The lowest BCUT2D eigenvalue weighted by Crippen LogP contribution is -2.10. The summed E-state index contributed by atoms with van der Waals surface area (Å²) in [6.45, 7) is 0. The number of carbonyl (C=O) groups is 1. The molecule has 0 saturated heterocycles. The molecule has 1 aromatic carbocycles. The van der Waals surface area contributed by atoms with E-state index in [0.29, 0.717) is 25.1 Å². The van der Waals surface area contributed by atoms with Crippen molar-refractivity contribution in [3.8, 4) is 11.3 Å². The van der Waals surface area contributed by atoms with Gasteiger partial charge in [-0.15, -0.1) is 0 Å². The maximum Gasteiger partial charge on any atom is 0.263 e. The van der Waals surface area contributed by atoms with Crippen LogP contribution >= 0.6 is 0 Å². The summed E-state index contributed by atoms with van der Waals surface area (Å²) >= 11 is 0. The highest BCUT2D eigenvalue weighted by Crippen LogP contribution is 2.20. The topological polar surface area (TPSA) is 97.8 Å². The van der Waals surface area contributed by atoms with E-state index in [2.05, 4.69) is 15.0 Å². The summed E-state index contributed by atoms with van der Waals surface area (Å²) in [6.07, 6.45) is 9.86. The Hall–Kier alpha value is -3.06. The first kappa shape index (κ1) is 17.8. The number of halogens is 1. The molecule has 0 spiro atoms. The van der Waals surface area contributed by atoms with Gasteiger partial charge in [-0.1, -0.05) is 12.2 Å². The van der Waals surface area contributed by atoms with Crippen molar-refractivity contribution in [2.24, 2.45) is 5.73 Å². The third-order valence-corrected chi connectivity index (χ3v) is 3.87. The van der Waals surface area contributed by atoms with Crippen molar-refractivity contribution in [3.05, 3.63) is 72.6 Å². The van der Waals surface area contributed by atoms with Crippen molar-refractivity contribution >= 4 is 5.78 Å². The summed E-state index contributed by atoms with van der Waals surface area (Å²) in [7, 11) is 0. The second-order valence-corrected chi connectivity index (χ2v) is 5.80. The van der Waals surface area contributed by atoms with Crippen LogP contribution in [0.2, 0.25) is 0 Å². The Balaban J connectivity index is 1.48. The van der Waals surface area contributed by atoms with Gasteiger partial charge in [0.15, 0.2) is 0 Å². The number of benzene rings is 1. The molecular weight excluding hydrogens is 335 g/mol. The number of aromatic nitrogens is 3. The first-order valence-corrected chi connectivity index (χ1v) is 8.27. The molecule has 3 aromatic rings. The van der Waals surface area contributed by atoms with Crippen molar-refractivity contribution in [3.63, 3.8) is 0 Å². The van der Waals surface area contributed by atoms with E-state index in [-0.39, 0.29) is 23.5 Å². The molecule has 26 heavy (non-hydrogen) atoms. The molecule has 3 rings (SSSR count). The Morgan fingerprint density at radius 1 is 1.27 bits per heavy atom. The molecule has 0 unspecified atom stereocenters. The predicted molar refractivity (Wildman–Crippen MR) is 94.7 cm³/mol. The number of rotatable bonds is 8. The van der Waals surface area contributed by atoms with E-state index >= 15 is 0 Å². The molecule has 1 atom stereocenters. The molecule has 0 aliphatic heterocycles. The first-order chi connectivity index (χ1) is 12.6. The maximum atomic E-state index is 13.0. The minimum Gasteiger partial charge on any atom is -0.442 e. The van der Waals surface area contributed by atoms with E-state index in [0.717, 1.165) is 11.3 Å². The number of allylic oxidation sites excluding steroid dienone is 1. The monoisotopic (exact) mass is 354 g/mol. The highest BCUT2D eigenvalue weighted by Gasteiger charge is 2.11. The fraction of sp³-hybridized carbons (Fsp3) is 0.211. The summed E-state index contributed by atoms with van der Waals surface area (Å²) in [5.74, 6) is 0.388. The van der Waals surface area contributed by atoms with Gasteiger partial charge in [0, 0.05) is 6.42 Å². The highest BCUT2D eigenvalue weighted by molar-refractivity contribution is 5.91. The standard InChI is InChI=1S/C19H19FN4O2/c20-14-8-6-13(7-9-14)16-12-23-18(24-16)15(21)4-2-1-3-5-17(25)19-22-10-11-26-19/h1-2,6-12,15H,3-5,21H2,(H,23,24)/b2-1+/t15-/m0/s1. The van der Waals surface area contributed by atoms with Crippen molar-refractivity contribution in [1.29, 1.82) is 0 Å². The summed E-state index contributed by atoms with van der Waals surface area (Å²) < 4.78 is 17.9. The molecule has 2 aromatic heterocycles. The molecule has 0 radical (unpaired) electrons. The van der Waals surface area contributed by atoms with Gasteiger partial charge in [0.25, 0.3) is 5.89 Å². The van der Waals surface area contributed by atoms with E-state index in [1.54, 1.807) is 18.3 Å². The van der Waals surface area contributed by atoms with Gasteiger partial charge in [0.1, 0.15) is 17.9 Å². The number of nitrogens with two attached hydrogens (primary N) is 1. The molecular formula is C19H19FN4O2. The predicted octanol–water partition coefficient (Wildman–Crippen LogP) is 3.81. The molecule has 3 N–H and O–H groups in total. The van der Waals surface area contributed by atoms with Crippen LogP contribution in [0.4, 0.5) is 4.39 Å². The molecule has 0 aliphatic rings. The van der Waals surface area contributed by atoms with Crippen LogP contribution in [0.1, 0.15) is 41.8 Å². The zero-order chi connectivity index (χ0) is 18.4. The van der Waals surface area contributed by atoms with Crippen LogP contribution in [0.3, 0.4) is 0 Å². The summed E-state index contributed by atoms with van der Waals surface area (Å²) in [6, 6.07) is 5.88. The van der Waals surface area contributed by atoms with Gasteiger partial charge in [0.2, 0.25) is 5.78 Å². The van der Waals surface area contributed by atoms with E-state index in [1.807, 2.05) is 12.2 Å². The number of nitrogens with one attached hydrogen (secondary N) is 1. The summed E-state index contributed by atoms with van der Waals surface area (Å²) in [5, 5.41) is 0. The summed E-state index contributed by atoms with van der Waals surface area (Å²) in [4.78, 5) is 23.0. The minimum absolute atomic E-state index is 0.126. The van der Waals surface area contributed by atoms with E-state index in [9.17, 15) is 9.18 Å². The fourth-order valence-corrected chi connectivity index (χ4v) is 2.46. The number of oxazole rings is 1. The molecule has 0 aliphatic carbocycles. The van der Waals surface area contributed by atoms with Crippen molar-refractivity contribution in [2.45, 2.75) is 25.3 Å². The zero-order valence-corrected chi connectivity index (χ0v) is 14.1. The third kappa shape index (κ3) is 4.52. The van der Waals surface area contributed by atoms with Crippen molar-refractivity contribution in [2.75, 3.05) is 0 Å². The number of nitrogens with zero attached hydrogens (tertiary/aromatic N) is 2. The number of H-pyrrole nitrogens is 1. The average molecular weight is 354 g/mol. The Morgan fingerprint density at radius 3 is 2.81 bits per heavy atom. The quantitative estimate of drug-likeness (QED) is 0.473. The lowest BCUT2D eigenvalue weighted by atomic mass is 10.1. The zero-order valence-electron chi connectivity index (χ0n) is 14.1. The minimum atomic E-state index is -0.289. The number of hydrogen-bond acceptors (Lipinski definition) is 5. The van der Waals surface area contributed by atoms with E-state index in [4.69, 9.17) is 10.2 Å². The highest BCUT2D eigenvalue weighted by atomic mass is 19.1. The smallest absolute Gasteiger partial charge is 0.263 e. The third-order valence-electron chi connectivity index (χ3n) is 3.87. The van der Waals surface area contributed by atoms with Crippen LogP contribution in [0.5, 0.6) is 0 Å². The first-order valence-electron chi connectivity index (χ1n) is 8.27. The van der Waals surface area contributed by atoms with Crippen LogP contribution in [0, 0.1) is 5.82 Å². The molecule has 134 valence electrons. The lowest BCUT2D eigenvalue weighted by molar-refractivity contribution is 0.0950. The fourth-order valence-electron chi connectivity index (χ4n) is 2.46. The lowest BCUT2D eigenvalue weighted by Gasteiger charge is -2.05. The van der Waals surface area contributed by atoms with Crippen LogP contribution in [-0.2, 0) is 0 Å². The van der Waals surface area contributed by atoms with Crippen LogP contribution in [0.15, 0.2) is 59.5 Å². The molecule has 0 fully saturated rings. The van der Waals surface area contributed by atoms with Gasteiger partial charge in [0.05, 0.1) is 24.1 Å². The molecule has 0 amide bonds. The van der Waals surface area contributed by atoms with Crippen LogP contribution in [-0.4, -0.2) is 20.7 Å². The van der Waals surface area contributed by atoms with E-state index in [1.165, 1.54) is 24.6 Å². The van der Waals surface area contributed by atoms with Gasteiger partial charge in [-0.2, -0.15) is 0 Å². The van der Waals surface area contributed by atoms with Crippen LogP contribution < -0.4 is 5.73 Å². The number of aromatic amines is 1. The Labute approximate surface area is 150 Å². The second-order valence-electron chi connectivity index (χ2n) is 5.80. The molecule has 6 nitrogen and oxygen atoms in total.